The quantitative estimate of drug-likeness (QED) is 0.766. The van der Waals surface area contributed by atoms with Gasteiger partial charge in [-0.3, -0.25) is 4.79 Å². The number of carbonyl (C=O) groups is 2. The summed E-state index contributed by atoms with van der Waals surface area (Å²) in [5.41, 5.74) is 2.39. The maximum atomic E-state index is 12.8. The second-order valence-electron chi connectivity index (χ2n) is 5.05. The number of nitrogens with one attached hydrogen (secondary N) is 2. The van der Waals surface area contributed by atoms with Crippen molar-refractivity contribution in [3.05, 3.63) is 71.0 Å². The number of rotatable bonds is 6. The molecule has 2 aromatic carbocycles. The Labute approximate surface area is 133 Å². The third-order valence-corrected chi connectivity index (χ3v) is 3.20. The number of aliphatic carboxylic acids is 1. The zero-order valence-electron chi connectivity index (χ0n) is 12.4. The van der Waals surface area contributed by atoms with Crippen LogP contribution in [0.2, 0.25) is 0 Å². The van der Waals surface area contributed by atoms with Crippen LogP contribution in [0.1, 0.15) is 16.7 Å². The molecule has 0 fully saturated rings. The summed E-state index contributed by atoms with van der Waals surface area (Å²) in [6.07, 6.45) is -0.0220. The molecule has 0 aliphatic rings. The van der Waals surface area contributed by atoms with Gasteiger partial charge >= 0.3 is 12.0 Å². The number of urea groups is 1. The fourth-order valence-electron chi connectivity index (χ4n) is 1.98. The number of benzene rings is 2. The first-order valence-electron chi connectivity index (χ1n) is 7.08. The highest BCUT2D eigenvalue weighted by Gasteiger charge is 2.03. The maximum absolute atomic E-state index is 12.8. The molecule has 2 amide bonds. The molecule has 2 aromatic rings. The summed E-state index contributed by atoms with van der Waals surface area (Å²) in [5.74, 6) is -1.19. The van der Waals surface area contributed by atoms with Crippen LogP contribution in [0.3, 0.4) is 0 Å². The van der Waals surface area contributed by atoms with Gasteiger partial charge in [-0.25, -0.2) is 9.18 Å². The zero-order chi connectivity index (χ0) is 16.7. The van der Waals surface area contributed by atoms with Crippen molar-refractivity contribution < 1.29 is 19.1 Å². The lowest BCUT2D eigenvalue weighted by Gasteiger charge is -2.08. The maximum Gasteiger partial charge on any atom is 0.315 e. The Balaban J connectivity index is 1.75. The standard InChI is InChI=1S/C17H17FN2O3/c18-15-7-5-14(6-8-15)11-20-17(23)19-10-13-3-1-12(2-4-13)9-16(21)22/h1-8H,9-11H2,(H,21,22)(H2,19,20,23). The van der Waals surface area contributed by atoms with Gasteiger partial charge in [-0.2, -0.15) is 0 Å². The fraction of sp³-hybridized carbons (Fsp3) is 0.176. The molecule has 0 unspecified atom stereocenters. The second kappa shape index (κ2) is 7.93. The van der Waals surface area contributed by atoms with Crippen LogP contribution in [0.15, 0.2) is 48.5 Å². The molecule has 0 radical (unpaired) electrons. The molecule has 0 bridgehead atoms. The molecular formula is C17H17FN2O3. The first-order valence-corrected chi connectivity index (χ1v) is 7.08. The van der Waals surface area contributed by atoms with Crippen LogP contribution >= 0.6 is 0 Å². The van der Waals surface area contributed by atoms with Gasteiger partial charge in [0.1, 0.15) is 5.82 Å². The topological polar surface area (TPSA) is 78.4 Å². The number of hydrogen-bond acceptors (Lipinski definition) is 2. The Hall–Kier alpha value is -2.89. The highest BCUT2D eigenvalue weighted by molar-refractivity contribution is 5.73. The number of amides is 2. The predicted molar refractivity (Wildman–Crippen MR) is 83.3 cm³/mol. The van der Waals surface area contributed by atoms with Gasteiger partial charge < -0.3 is 15.7 Å². The monoisotopic (exact) mass is 316 g/mol. The average molecular weight is 316 g/mol. The van der Waals surface area contributed by atoms with Gasteiger partial charge in [0.15, 0.2) is 0 Å². The van der Waals surface area contributed by atoms with Crippen molar-refractivity contribution in [3.8, 4) is 0 Å². The van der Waals surface area contributed by atoms with Crippen LogP contribution in [-0.2, 0) is 24.3 Å². The van der Waals surface area contributed by atoms with E-state index in [2.05, 4.69) is 10.6 Å². The molecule has 6 heteroatoms. The molecule has 23 heavy (non-hydrogen) atoms. The summed E-state index contributed by atoms with van der Waals surface area (Å²) in [6, 6.07) is 12.6. The van der Waals surface area contributed by atoms with E-state index < -0.39 is 5.97 Å². The van der Waals surface area contributed by atoms with E-state index in [4.69, 9.17) is 5.11 Å². The molecule has 5 nitrogen and oxygen atoms in total. The van der Waals surface area contributed by atoms with E-state index in [1.807, 2.05) is 0 Å². The molecule has 3 N–H and O–H groups in total. The fourth-order valence-corrected chi connectivity index (χ4v) is 1.98. The van der Waals surface area contributed by atoms with Gasteiger partial charge in [0.25, 0.3) is 0 Å². The van der Waals surface area contributed by atoms with Crippen molar-refractivity contribution in [2.24, 2.45) is 0 Å². The van der Waals surface area contributed by atoms with Crippen LogP contribution in [0.25, 0.3) is 0 Å². The largest absolute Gasteiger partial charge is 0.481 e. The number of halogens is 1. The highest BCUT2D eigenvalue weighted by atomic mass is 19.1. The minimum absolute atomic E-state index is 0.0220. The predicted octanol–water partition coefficient (Wildman–Crippen LogP) is 2.45. The Kier molecular flexibility index (Phi) is 5.68. The molecule has 0 spiro atoms. The Morgan fingerprint density at radius 2 is 1.26 bits per heavy atom. The second-order valence-corrected chi connectivity index (χ2v) is 5.05. The molecule has 0 aromatic heterocycles. The van der Waals surface area contributed by atoms with E-state index in [1.54, 1.807) is 36.4 Å². The highest BCUT2D eigenvalue weighted by Crippen LogP contribution is 2.05. The number of carboxylic acid groups (broad SMARTS) is 1. The Bertz CT molecular complexity index is 669. The summed E-state index contributed by atoms with van der Waals surface area (Å²) in [4.78, 5) is 22.3. The van der Waals surface area contributed by atoms with E-state index in [0.29, 0.717) is 18.7 Å². The van der Waals surface area contributed by atoms with Crippen LogP contribution in [0, 0.1) is 5.82 Å². The van der Waals surface area contributed by atoms with Gasteiger partial charge in [0, 0.05) is 13.1 Å². The summed E-state index contributed by atoms with van der Waals surface area (Å²) in [7, 11) is 0. The third-order valence-electron chi connectivity index (χ3n) is 3.20. The van der Waals surface area contributed by atoms with E-state index in [0.717, 1.165) is 11.1 Å². The summed E-state index contributed by atoms with van der Waals surface area (Å²) in [5, 5.41) is 14.1. The van der Waals surface area contributed by atoms with Crippen LogP contribution in [0.5, 0.6) is 0 Å². The molecule has 0 saturated heterocycles. The lowest BCUT2D eigenvalue weighted by atomic mass is 10.1. The van der Waals surface area contributed by atoms with Crippen LogP contribution < -0.4 is 10.6 Å². The van der Waals surface area contributed by atoms with E-state index >= 15 is 0 Å². The minimum atomic E-state index is -0.879. The van der Waals surface area contributed by atoms with Crippen LogP contribution in [0.4, 0.5) is 9.18 Å². The molecule has 0 heterocycles. The first-order chi connectivity index (χ1) is 11.0. The molecular weight excluding hydrogens is 299 g/mol. The van der Waals surface area contributed by atoms with Crippen LogP contribution in [-0.4, -0.2) is 17.1 Å². The molecule has 0 aliphatic carbocycles. The SMILES string of the molecule is O=C(O)Cc1ccc(CNC(=O)NCc2ccc(F)cc2)cc1. The van der Waals surface area contributed by atoms with E-state index in [-0.39, 0.29) is 18.3 Å². The molecule has 0 saturated carbocycles. The average Bonchev–Trinajstić information content (AvgIpc) is 2.53. The summed E-state index contributed by atoms with van der Waals surface area (Å²) >= 11 is 0. The number of hydrogen-bond donors (Lipinski definition) is 3. The van der Waals surface area contributed by atoms with Crippen molar-refractivity contribution >= 4 is 12.0 Å². The van der Waals surface area contributed by atoms with E-state index in [9.17, 15) is 14.0 Å². The van der Waals surface area contributed by atoms with Gasteiger partial charge in [-0.05, 0) is 28.8 Å². The lowest BCUT2D eigenvalue weighted by molar-refractivity contribution is -0.136. The van der Waals surface area contributed by atoms with Crippen molar-refractivity contribution in [1.29, 1.82) is 0 Å². The first kappa shape index (κ1) is 16.5. The van der Waals surface area contributed by atoms with E-state index in [1.165, 1.54) is 12.1 Å². The molecule has 0 aliphatic heterocycles. The van der Waals surface area contributed by atoms with Gasteiger partial charge in [0.05, 0.1) is 6.42 Å². The lowest BCUT2D eigenvalue weighted by Crippen LogP contribution is -2.34. The van der Waals surface area contributed by atoms with Gasteiger partial charge in [0.2, 0.25) is 0 Å². The minimum Gasteiger partial charge on any atom is -0.481 e. The van der Waals surface area contributed by atoms with Crippen molar-refractivity contribution in [2.45, 2.75) is 19.5 Å². The summed E-state index contributed by atoms with van der Waals surface area (Å²) in [6.45, 7) is 0.645. The van der Waals surface area contributed by atoms with Crippen molar-refractivity contribution in [1.82, 2.24) is 10.6 Å². The zero-order valence-corrected chi connectivity index (χ0v) is 12.4. The smallest absolute Gasteiger partial charge is 0.315 e. The normalized spacial score (nSPS) is 10.1. The molecule has 120 valence electrons. The molecule has 0 atom stereocenters. The number of carboxylic acids is 1. The van der Waals surface area contributed by atoms with Crippen molar-refractivity contribution in [2.75, 3.05) is 0 Å². The number of carbonyl (C=O) groups excluding carboxylic acids is 1. The van der Waals surface area contributed by atoms with Crippen molar-refractivity contribution in [3.63, 3.8) is 0 Å². The van der Waals surface area contributed by atoms with Gasteiger partial charge in [-0.1, -0.05) is 36.4 Å². The summed E-state index contributed by atoms with van der Waals surface area (Å²) < 4.78 is 12.8. The molecule has 2 rings (SSSR count). The Morgan fingerprint density at radius 3 is 1.74 bits per heavy atom. The van der Waals surface area contributed by atoms with Gasteiger partial charge in [-0.15, -0.1) is 0 Å². The Morgan fingerprint density at radius 1 is 0.826 bits per heavy atom. The third kappa shape index (κ3) is 5.78.